The lowest BCUT2D eigenvalue weighted by Gasteiger charge is -2.31. The molecule has 1 heterocycles. The van der Waals surface area contributed by atoms with E-state index in [1.54, 1.807) is 19.1 Å². The number of nitrogens with one attached hydrogen (secondary N) is 1. The van der Waals surface area contributed by atoms with Crippen LogP contribution in [0.2, 0.25) is 0 Å². The second-order valence-corrected chi connectivity index (χ2v) is 5.14. The number of piperidine rings is 1. The van der Waals surface area contributed by atoms with E-state index in [0.29, 0.717) is 12.5 Å². The zero-order valence-electron chi connectivity index (χ0n) is 11.6. The Morgan fingerprint density at radius 2 is 1.95 bits per heavy atom. The molecule has 0 aliphatic carbocycles. The third-order valence-electron chi connectivity index (χ3n) is 3.73. The summed E-state index contributed by atoms with van der Waals surface area (Å²) in [5.74, 6) is -0.436. The van der Waals surface area contributed by atoms with E-state index in [0.717, 1.165) is 25.9 Å². The molecule has 1 N–H and O–H groups in total. The molecule has 2 amide bonds. The lowest BCUT2D eigenvalue weighted by Crippen LogP contribution is -2.40. The minimum Gasteiger partial charge on any atom is -0.352 e. The molecule has 0 unspecified atom stereocenters. The average molecular weight is 278 g/mol. The van der Waals surface area contributed by atoms with Crippen molar-refractivity contribution in [3.8, 4) is 0 Å². The SMILES string of the molecule is CC(=O)N1CCC(CNC(=O)c2ccccc2F)CC1. The van der Waals surface area contributed by atoms with Gasteiger partial charge in [-0.15, -0.1) is 0 Å². The van der Waals surface area contributed by atoms with E-state index in [1.165, 1.54) is 12.1 Å². The van der Waals surface area contributed by atoms with E-state index in [2.05, 4.69) is 5.32 Å². The minimum absolute atomic E-state index is 0.0775. The van der Waals surface area contributed by atoms with E-state index in [9.17, 15) is 14.0 Å². The standard InChI is InChI=1S/C15H19FN2O2/c1-11(19)18-8-6-12(7-9-18)10-17-15(20)13-4-2-3-5-14(13)16/h2-5,12H,6-10H2,1H3,(H,17,20). The number of carbonyl (C=O) groups excluding carboxylic acids is 2. The van der Waals surface area contributed by atoms with Gasteiger partial charge in [-0.1, -0.05) is 12.1 Å². The van der Waals surface area contributed by atoms with Crippen molar-refractivity contribution in [3.05, 3.63) is 35.6 Å². The summed E-state index contributed by atoms with van der Waals surface area (Å²) in [5, 5.41) is 2.77. The average Bonchev–Trinajstić information content (AvgIpc) is 2.45. The highest BCUT2D eigenvalue weighted by Crippen LogP contribution is 2.16. The third kappa shape index (κ3) is 3.56. The predicted molar refractivity (Wildman–Crippen MR) is 73.7 cm³/mol. The Balaban J connectivity index is 1.80. The monoisotopic (exact) mass is 278 g/mol. The quantitative estimate of drug-likeness (QED) is 0.916. The first-order valence-corrected chi connectivity index (χ1v) is 6.86. The van der Waals surface area contributed by atoms with Gasteiger partial charge in [-0.2, -0.15) is 0 Å². The fraction of sp³-hybridized carbons (Fsp3) is 0.467. The number of benzene rings is 1. The van der Waals surface area contributed by atoms with Gasteiger partial charge in [0.1, 0.15) is 5.82 Å². The Labute approximate surface area is 118 Å². The number of carbonyl (C=O) groups is 2. The Morgan fingerprint density at radius 3 is 2.55 bits per heavy atom. The molecule has 1 aliphatic rings. The van der Waals surface area contributed by atoms with E-state index in [1.807, 2.05) is 4.90 Å². The molecule has 1 fully saturated rings. The summed E-state index contributed by atoms with van der Waals surface area (Å²) in [6, 6.07) is 5.95. The predicted octanol–water partition coefficient (Wildman–Crippen LogP) is 1.81. The summed E-state index contributed by atoms with van der Waals surface area (Å²) in [5.41, 5.74) is 0.0775. The summed E-state index contributed by atoms with van der Waals surface area (Å²) >= 11 is 0. The van der Waals surface area contributed by atoms with Gasteiger partial charge >= 0.3 is 0 Å². The number of likely N-dealkylation sites (tertiary alicyclic amines) is 1. The number of rotatable bonds is 3. The largest absolute Gasteiger partial charge is 0.352 e. The van der Waals surface area contributed by atoms with Gasteiger partial charge in [0.05, 0.1) is 5.56 Å². The van der Waals surface area contributed by atoms with E-state index in [4.69, 9.17) is 0 Å². The summed E-state index contributed by atoms with van der Waals surface area (Å²) in [6.45, 7) is 3.56. The second-order valence-electron chi connectivity index (χ2n) is 5.14. The summed E-state index contributed by atoms with van der Waals surface area (Å²) in [7, 11) is 0. The van der Waals surface area contributed by atoms with Crippen molar-refractivity contribution in [2.45, 2.75) is 19.8 Å². The van der Waals surface area contributed by atoms with Gasteiger partial charge < -0.3 is 10.2 Å². The van der Waals surface area contributed by atoms with Crippen molar-refractivity contribution in [2.75, 3.05) is 19.6 Å². The van der Waals surface area contributed by atoms with Crippen LogP contribution in [0.4, 0.5) is 4.39 Å². The highest BCUT2D eigenvalue weighted by Gasteiger charge is 2.21. The van der Waals surface area contributed by atoms with Crippen LogP contribution in [0.5, 0.6) is 0 Å². The van der Waals surface area contributed by atoms with Crippen LogP contribution in [0, 0.1) is 11.7 Å². The number of amides is 2. The van der Waals surface area contributed by atoms with Crippen molar-refractivity contribution in [3.63, 3.8) is 0 Å². The Hall–Kier alpha value is -1.91. The maximum Gasteiger partial charge on any atom is 0.254 e. The van der Waals surface area contributed by atoms with Crippen molar-refractivity contribution in [1.82, 2.24) is 10.2 Å². The summed E-state index contributed by atoms with van der Waals surface area (Å²) in [4.78, 5) is 24.9. The molecule has 0 bridgehead atoms. The molecule has 0 aromatic heterocycles. The molecule has 1 saturated heterocycles. The first-order chi connectivity index (χ1) is 9.58. The smallest absolute Gasteiger partial charge is 0.254 e. The van der Waals surface area contributed by atoms with E-state index in [-0.39, 0.29) is 17.4 Å². The molecule has 0 saturated carbocycles. The highest BCUT2D eigenvalue weighted by atomic mass is 19.1. The Bertz CT molecular complexity index is 496. The van der Waals surface area contributed by atoms with Gasteiger partial charge in [0.25, 0.3) is 5.91 Å². The Kier molecular flexibility index (Phi) is 4.71. The van der Waals surface area contributed by atoms with Crippen LogP contribution < -0.4 is 5.32 Å². The van der Waals surface area contributed by atoms with Gasteiger partial charge in [-0.05, 0) is 30.9 Å². The molecule has 108 valence electrons. The topological polar surface area (TPSA) is 49.4 Å². The van der Waals surface area contributed by atoms with E-state index >= 15 is 0 Å². The minimum atomic E-state index is -0.503. The molecule has 0 spiro atoms. The van der Waals surface area contributed by atoms with Crippen LogP contribution in [0.25, 0.3) is 0 Å². The highest BCUT2D eigenvalue weighted by molar-refractivity contribution is 5.94. The first-order valence-electron chi connectivity index (χ1n) is 6.86. The van der Waals surface area contributed by atoms with Gasteiger partial charge in [0.2, 0.25) is 5.91 Å². The lowest BCUT2D eigenvalue weighted by atomic mass is 9.96. The van der Waals surface area contributed by atoms with Crippen molar-refractivity contribution in [2.24, 2.45) is 5.92 Å². The number of hydrogen-bond donors (Lipinski definition) is 1. The van der Waals surface area contributed by atoms with Crippen LogP contribution in [-0.2, 0) is 4.79 Å². The molecule has 0 radical (unpaired) electrons. The fourth-order valence-corrected chi connectivity index (χ4v) is 2.43. The zero-order chi connectivity index (χ0) is 14.5. The molecular weight excluding hydrogens is 259 g/mol. The van der Waals surface area contributed by atoms with Gasteiger partial charge in [-0.25, -0.2) is 4.39 Å². The maximum absolute atomic E-state index is 13.4. The summed E-state index contributed by atoms with van der Waals surface area (Å²) in [6.07, 6.45) is 1.74. The normalized spacial score (nSPS) is 16.0. The molecule has 1 aromatic carbocycles. The number of hydrogen-bond acceptors (Lipinski definition) is 2. The first kappa shape index (κ1) is 14.5. The maximum atomic E-state index is 13.4. The molecule has 1 aromatic rings. The zero-order valence-corrected chi connectivity index (χ0v) is 11.6. The van der Waals surface area contributed by atoms with Crippen molar-refractivity contribution < 1.29 is 14.0 Å². The molecule has 4 nitrogen and oxygen atoms in total. The van der Waals surface area contributed by atoms with Crippen molar-refractivity contribution >= 4 is 11.8 Å². The second kappa shape index (κ2) is 6.50. The van der Waals surface area contributed by atoms with Crippen molar-refractivity contribution in [1.29, 1.82) is 0 Å². The molecule has 2 rings (SSSR count). The summed E-state index contributed by atoms with van der Waals surface area (Å²) < 4.78 is 13.4. The lowest BCUT2D eigenvalue weighted by molar-refractivity contribution is -0.130. The van der Waals surface area contributed by atoms with Crippen LogP contribution in [0.15, 0.2) is 24.3 Å². The Morgan fingerprint density at radius 1 is 1.30 bits per heavy atom. The third-order valence-corrected chi connectivity index (χ3v) is 3.73. The van der Waals surface area contributed by atoms with Crippen LogP contribution >= 0.6 is 0 Å². The molecule has 0 atom stereocenters. The van der Waals surface area contributed by atoms with Gasteiger partial charge in [-0.3, -0.25) is 9.59 Å². The van der Waals surface area contributed by atoms with Crippen LogP contribution in [0.1, 0.15) is 30.1 Å². The molecule has 5 heteroatoms. The van der Waals surface area contributed by atoms with Gasteiger partial charge in [0, 0.05) is 26.6 Å². The fourth-order valence-electron chi connectivity index (χ4n) is 2.43. The van der Waals surface area contributed by atoms with Crippen LogP contribution in [0.3, 0.4) is 0 Å². The molecule has 1 aliphatic heterocycles. The van der Waals surface area contributed by atoms with E-state index < -0.39 is 5.82 Å². The molecular formula is C15H19FN2O2. The van der Waals surface area contributed by atoms with Crippen LogP contribution in [-0.4, -0.2) is 36.3 Å². The molecule has 20 heavy (non-hydrogen) atoms. The number of nitrogens with zero attached hydrogens (tertiary/aromatic N) is 1. The van der Waals surface area contributed by atoms with Gasteiger partial charge in [0.15, 0.2) is 0 Å². The number of halogens is 1.